The van der Waals surface area contributed by atoms with Crippen molar-refractivity contribution in [3.8, 4) is 22.3 Å². The first kappa shape index (κ1) is 41.0. The number of rotatable bonds is 8. The van der Waals surface area contributed by atoms with Crippen molar-refractivity contribution in [2.75, 3.05) is 0 Å². The molecule has 0 amide bonds. The molecule has 0 radical (unpaired) electrons. The second-order valence-electron chi connectivity index (χ2n) is 13.8. The molecule has 2 aliphatic carbocycles. The van der Waals surface area contributed by atoms with Gasteiger partial charge in [-0.1, -0.05) is 173 Å². The zero-order chi connectivity index (χ0) is 31.5. The van der Waals surface area contributed by atoms with Crippen LogP contribution in [0.25, 0.3) is 27.6 Å². The van der Waals surface area contributed by atoms with E-state index in [1.807, 2.05) is 0 Å². The van der Waals surface area contributed by atoms with E-state index in [9.17, 15) is 0 Å². The molecule has 4 aromatic carbocycles. The van der Waals surface area contributed by atoms with Crippen LogP contribution in [-0.4, -0.2) is 11.3 Å². The van der Waals surface area contributed by atoms with Crippen LogP contribution in [0.3, 0.4) is 0 Å². The minimum Gasteiger partial charge on any atom is -0.676 e. The molecule has 0 aromatic heterocycles. The summed E-state index contributed by atoms with van der Waals surface area (Å²) in [6, 6.07) is 38.2. The van der Waals surface area contributed by atoms with Crippen LogP contribution in [0.5, 0.6) is 0 Å². The molecule has 4 atom stereocenters. The summed E-state index contributed by atoms with van der Waals surface area (Å²) in [5.74, 6) is 2.57. The number of allylic oxidation sites excluding steroid dienone is 2. The molecule has 0 saturated heterocycles. The van der Waals surface area contributed by atoms with Crippen LogP contribution in [0.1, 0.15) is 81.9 Å². The number of fused-ring (bicyclic) bond motifs is 1. The molecule has 50 heavy (non-hydrogen) atoms. The number of para-hydroxylation sites is 1. The van der Waals surface area contributed by atoms with E-state index in [0.717, 1.165) is 34.3 Å². The summed E-state index contributed by atoms with van der Waals surface area (Å²) in [7, 11) is 0. The molecule has 2 fully saturated rings. The van der Waals surface area contributed by atoms with Crippen LogP contribution in [0, 0.1) is 46.1 Å². The van der Waals surface area contributed by atoms with Gasteiger partial charge in [0, 0.05) is 5.92 Å². The quantitative estimate of drug-likeness (QED) is 0.0956. The van der Waals surface area contributed by atoms with Crippen LogP contribution in [0.4, 0.5) is 5.69 Å². The maximum atomic E-state index is 5.86. The Kier molecular flexibility index (Phi) is 15.3. The second-order valence-corrected chi connectivity index (χ2v) is 13.8. The van der Waals surface area contributed by atoms with E-state index < -0.39 is 0 Å². The Labute approximate surface area is 323 Å². The Bertz CT molecular complexity index is 1660. The Morgan fingerprint density at radius 1 is 0.680 bits per heavy atom. The van der Waals surface area contributed by atoms with Crippen LogP contribution < -0.4 is 0 Å². The smallest absolute Gasteiger partial charge is 0.676 e. The molecule has 4 unspecified atom stereocenters. The molecule has 3 aliphatic rings. The van der Waals surface area contributed by atoms with Crippen LogP contribution in [-0.2, 0) is 25.8 Å². The summed E-state index contributed by atoms with van der Waals surface area (Å²) < 4.78 is 2.29. The van der Waals surface area contributed by atoms with E-state index in [-0.39, 0.29) is 54.2 Å². The Morgan fingerprint density at radius 2 is 1.24 bits per heavy atom. The van der Waals surface area contributed by atoms with E-state index >= 15 is 0 Å². The molecule has 0 spiro atoms. The molecule has 3 heteroatoms. The summed E-state index contributed by atoms with van der Waals surface area (Å²) in [5, 5.41) is 5.86. The maximum absolute atomic E-state index is 5.86. The standard InChI is InChI=1S/C44H47N2.3CH3.Hf/c1-31(2)35-23-12-13-25-40(35)44(42-30-16-29-41(46(42)3)39-28-14-22-32-21-10-11-24-36(32)39)45-43-37(33-17-6-4-7-18-33)26-15-27-38(43)34-19-8-5-9-20-34;;;;/h4-9,12-13,15-20,23,25-27,29-32,36,39,44H,3,10-11,14,21-22,24,28H2,1-2H3;3*1H3;/q4*-1;+4. The predicted molar refractivity (Wildman–Crippen MR) is 213 cm³/mol. The summed E-state index contributed by atoms with van der Waals surface area (Å²) in [4.78, 5) is 0. The number of benzene rings is 4. The summed E-state index contributed by atoms with van der Waals surface area (Å²) in [6.45, 7) is 9.40. The van der Waals surface area contributed by atoms with Gasteiger partial charge in [-0.2, -0.15) is 0 Å². The molecule has 258 valence electrons. The third-order valence-electron chi connectivity index (χ3n) is 10.8. The van der Waals surface area contributed by atoms with Gasteiger partial charge in [0.15, 0.2) is 0 Å². The maximum Gasteiger partial charge on any atom is 4.00 e. The third-order valence-corrected chi connectivity index (χ3v) is 10.8. The monoisotopic (exact) mass is 828 g/mol. The van der Waals surface area contributed by atoms with Crippen LogP contribution >= 0.6 is 0 Å². The fourth-order valence-electron chi connectivity index (χ4n) is 8.54. The van der Waals surface area contributed by atoms with Gasteiger partial charge in [-0.05, 0) is 58.0 Å². The molecule has 1 aliphatic heterocycles. The number of hydrogen-bond acceptors (Lipinski definition) is 0. The van der Waals surface area contributed by atoms with Crippen molar-refractivity contribution in [2.24, 2.45) is 17.8 Å². The minimum absolute atomic E-state index is 0. The van der Waals surface area contributed by atoms with Gasteiger partial charge in [-0.25, -0.2) is 0 Å². The van der Waals surface area contributed by atoms with Gasteiger partial charge >= 0.3 is 25.8 Å². The fraction of sp³-hybridized carbons (Fsp3) is 0.298. The molecule has 2 nitrogen and oxygen atoms in total. The fourth-order valence-corrected chi connectivity index (χ4v) is 8.54. The predicted octanol–water partition coefficient (Wildman–Crippen LogP) is 13.5. The zero-order valence-electron chi connectivity index (χ0n) is 31.0. The molecular formula is C47H56HfN2. The van der Waals surface area contributed by atoms with Gasteiger partial charge in [0.1, 0.15) is 6.04 Å². The van der Waals surface area contributed by atoms with Crippen LogP contribution in [0.15, 0.2) is 127 Å². The van der Waals surface area contributed by atoms with E-state index in [2.05, 4.69) is 140 Å². The van der Waals surface area contributed by atoms with E-state index in [0.29, 0.717) is 11.8 Å². The first-order valence-electron chi connectivity index (χ1n) is 17.5. The van der Waals surface area contributed by atoms with Gasteiger partial charge in [0.25, 0.3) is 0 Å². The summed E-state index contributed by atoms with van der Waals surface area (Å²) in [6.07, 6.45) is 16.4. The number of hydrogen-bond donors (Lipinski definition) is 0. The van der Waals surface area contributed by atoms with Crippen molar-refractivity contribution in [1.29, 1.82) is 0 Å². The van der Waals surface area contributed by atoms with Crippen molar-refractivity contribution in [3.63, 3.8) is 0 Å². The molecule has 4 aromatic rings. The van der Waals surface area contributed by atoms with Crippen molar-refractivity contribution >= 4 is 12.4 Å². The largest absolute Gasteiger partial charge is 4.00 e. The molecule has 2 saturated carbocycles. The topological polar surface area (TPSA) is 17.1 Å². The molecule has 1 heterocycles. The second kappa shape index (κ2) is 18.7. The molecular weight excluding hydrogens is 771 g/mol. The summed E-state index contributed by atoms with van der Waals surface area (Å²) >= 11 is 0. The van der Waals surface area contributed by atoms with Crippen molar-refractivity contribution in [1.82, 2.24) is 0 Å². The summed E-state index contributed by atoms with van der Waals surface area (Å²) in [5.41, 5.74) is 9.44. The van der Waals surface area contributed by atoms with E-state index in [4.69, 9.17) is 12.0 Å². The SMILES string of the molecule is C=[N+]1C(C([N-]c2c(-c3ccccc3)cccc2-c2ccccc2)c2ccccc2C(C)C)=CC=C[C-]1C1CCCC2CCCCC21.[CH3-].[CH3-].[CH3-].[Hf+4]. The number of nitrogens with zero attached hydrogens (tertiary/aromatic N) is 2. The normalized spacial score (nSPS) is 20.1. The zero-order valence-corrected chi connectivity index (χ0v) is 34.6. The van der Waals surface area contributed by atoms with Crippen molar-refractivity contribution in [2.45, 2.75) is 70.8 Å². The van der Waals surface area contributed by atoms with E-state index in [1.165, 1.54) is 73.2 Å². The van der Waals surface area contributed by atoms with Crippen molar-refractivity contribution < 1.29 is 30.4 Å². The van der Waals surface area contributed by atoms with Gasteiger partial charge < -0.3 is 27.6 Å². The van der Waals surface area contributed by atoms with Crippen molar-refractivity contribution in [3.05, 3.63) is 172 Å². The van der Waals surface area contributed by atoms with Gasteiger partial charge in [-0.15, -0.1) is 11.8 Å². The average molecular weight is 827 g/mol. The first-order chi connectivity index (χ1) is 22.6. The van der Waals surface area contributed by atoms with Gasteiger partial charge in [0.2, 0.25) is 0 Å². The molecule has 7 rings (SSSR count). The Balaban J connectivity index is 0.00000169. The first-order valence-corrected chi connectivity index (χ1v) is 17.5. The minimum atomic E-state index is -0.214. The van der Waals surface area contributed by atoms with Gasteiger partial charge in [0.05, 0.1) is 12.4 Å². The van der Waals surface area contributed by atoms with Gasteiger partial charge in [-0.3, -0.25) is 4.58 Å². The molecule has 0 bridgehead atoms. The van der Waals surface area contributed by atoms with E-state index in [1.54, 1.807) is 0 Å². The Hall–Kier alpha value is -3.43. The van der Waals surface area contributed by atoms with Crippen LogP contribution in [0.2, 0.25) is 0 Å². The molecule has 0 N–H and O–H groups in total. The Morgan fingerprint density at radius 3 is 1.86 bits per heavy atom. The average Bonchev–Trinajstić information content (AvgIpc) is 3.11. The third kappa shape index (κ3) is 8.37.